The maximum absolute atomic E-state index is 10.7. The van der Waals surface area contributed by atoms with Crippen LogP contribution in [0.15, 0.2) is 12.4 Å². The van der Waals surface area contributed by atoms with Gasteiger partial charge in [-0.25, -0.2) is 4.98 Å². The summed E-state index contributed by atoms with van der Waals surface area (Å²) in [5, 5.41) is 10.7. The Morgan fingerprint density at radius 2 is 2.06 bits per heavy atom. The smallest absolute Gasteiger partial charge is 0.111 e. The quantitative estimate of drug-likeness (QED) is 0.865. The zero-order valence-corrected chi connectivity index (χ0v) is 11.6. The lowest BCUT2D eigenvalue weighted by Gasteiger charge is -2.37. The molecule has 1 aromatic rings. The van der Waals surface area contributed by atoms with Crippen LogP contribution in [-0.2, 0) is 13.0 Å². The summed E-state index contributed by atoms with van der Waals surface area (Å²) in [6.07, 6.45) is 7.38. The SMILES string of the molecule is CCCn1ccnc1CC1(O)CCN(CC)CC1. The number of aliphatic hydroxyl groups is 1. The van der Waals surface area contributed by atoms with Crippen LogP contribution in [0.1, 0.15) is 38.9 Å². The summed E-state index contributed by atoms with van der Waals surface area (Å²) in [6, 6.07) is 0. The van der Waals surface area contributed by atoms with Crippen LogP contribution in [0.5, 0.6) is 0 Å². The van der Waals surface area contributed by atoms with E-state index in [0.717, 1.165) is 51.3 Å². The van der Waals surface area contributed by atoms with Crippen molar-refractivity contribution in [1.82, 2.24) is 14.5 Å². The molecule has 0 unspecified atom stereocenters. The van der Waals surface area contributed by atoms with E-state index in [1.807, 2.05) is 12.4 Å². The van der Waals surface area contributed by atoms with Crippen LogP contribution < -0.4 is 0 Å². The molecule has 1 saturated heterocycles. The van der Waals surface area contributed by atoms with E-state index in [9.17, 15) is 5.11 Å². The van der Waals surface area contributed by atoms with Crippen LogP contribution in [0.25, 0.3) is 0 Å². The molecule has 1 aromatic heterocycles. The summed E-state index contributed by atoms with van der Waals surface area (Å²) < 4.78 is 2.17. The molecule has 4 heteroatoms. The fourth-order valence-corrected chi connectivity index (χ4v) is 2.71. The third-order valence-electron chi connectivity index (χ3n) is 3.99. The molecular weight excluding hydrogens is 226 g/mol. The van der Waals surface area contributed by atoms with E-state index < -0.39 is 5.60 Å². The number of piperidine rings is 1. The normalized spacial score (nSPS) is 20.2. The summed E-state index contributed by atoms with van der Waals surface area (Å²) in [5.41, 5.74) is -0.553. The number of hydrogen-bond donors (Lipinski definition) is 1. The maximum Gasteiger partial charge on any atom is 0.111 e. The van der Waals surface area contributed by atoms with Crippen molar-refractivity contribution >= 4 is 0 Å². The Bertz CT molecular complexity index is 367. The second-order valence-corrected chi connectivity index (χ2v) is 5.37. The highest BCUT2D eigenvalue weighted by molar-refractivity contribution is 5.00. The maximum atomic E-state index is 10.7. The molecule has 0 atom stereocenters. The molecule has 0 radical (unpaired) electrons. The number of hydrogen-bond acceptors (Lipinski definition) is 3. The van der Waals surface area contributed by atoms with Crippen LogP contribution in [0.3, 0.4) is 0 Å². The molecule has 0 bridgehead atoms. The molecule has 2 rings (SSSR count). The first-order valence-corrected chi connectivity index (χ1v) is 7.11. The number of imidazole rings is 1. The first-order chi connectivity index (χ1) is 8.67. The summed E-state index contributed by atoms with van der Waals surface area (Å²) in [5.74, 6) is 1.03. The van der Waals surface area contributed by atoms with Gasteiger partial charge in [-0.2, -0.15) is 0 Å². The number of nitrogens with zero attached hydrogens (tertiary/aromatic N) is 3. The summed E-state index contributed by atoms with van der Waals surface area (Å²) in [6.45, 7) is 8.42. The molecule has 0 spiro atoms. The Morgan fingerprint density at radius 3 is 2.67 bits per heavy atom. The minimum Gasteiger partial charge on any atom is -0.389 e. The van der Waals surface area contributed by atoms with Crippen molar-refractivity contribution in [2.45, 2.75) is 51.7 Å². The van der Waals surface area contributed by atoms with Crippen LogP contribution in [0.4, 0.5) is 0 Å². The van der Waals surface area contributed by atoms with Gasteiger partial charge in [-0.05, 0) is 25.8 Å². The van der Waals surface area contributed by atoms with Gasteiger partial charge in [0, 0.05) is 38.4 Å². The van der Waals surface area contributed by atoms with Gasteiger partial charge in [-0.15, -0.1) is 0 Å². The van der Waals surface area contributed by atoms with E-state index in [1.165, 1.54) is 0 Å². The Balaban J connectivity index is 1.98. The molecule has 18 heavy (non-hydrogen) atoms. The van der Waals surface area contributed by atoms with Gasteiger partial charge in [0.15, 0.2) is 0 Å². The molecule has 1 aliphatic rings. The molecule has 1 fully saturated rings. The number of aromatic nitrogens is 2. The van der Waals surface area contributed by atoms with Gasteiger partial charge in [-0.1, -0.05) is 13.8 Å². The molecule has 0 saturated carbocycles. The van der Waals surface area contributed by atoms with E-state index >= 15 is 0 Å². The van der Waals surface area contributed by atoms with Gasteiger partial charge in [0.25, 0.3) is 0 Å². The minimum absolute atomic E-state index is 0.553. The summed E-state index contributed by atoms with van der Waals surface area (Å²) in [7, 11) is 0. The van der Waals surface area contributed by atoms with Crippen LogP contribution in [-0.4, -0.2) is 44.8 Å². The second kappa shape index (κ2) is 5.85. The minimum atomic E-state index is -0.553. The third kappa shape index (κ3) is 3.12. The van der Waals surface area contributed by atoms with Crippen LogP contribution in [0.2, 0.25) is 0 Å². The number of aryl methyl sites for hydroxylation is 1. The molecule has 0 aromatic carbocycles. The van der Waals surface area contributed by atoms with Crippen LogP contribution >= 0.6 is 0 Å². The van der Waals surface area contributed by atoms with Crippen molar-refractivity contribution < 1.29 is 5.11 Å². The Hall–Kier alpha value is -0.870. The van der Waals surface area contributed by atoms with E-state index in [-0.39, 0.29) is 0 Å². The van der Waals surface area contributed by atoms with E-state index in [2.05, 4.69) is 28.3 Å². The number of likely N-dealkylation sites (tertiary alicyclic amines) is 1. The molecule has 1 aliphatic heterocycles. The van der Waals surface area contributed by atoms with Gasteiger partial charge in [0.05, 0.1) is 5.60 Å². The molecule has 4 nitrogen and oxygen atoms in total. The summed E-state index contributed by atoms with van der Waals surface area (Å²) >= 11 is 0. The fourth-order valence-electron chi connectivity index (χ4n) is 2.71. The van der Waals surface area contributed by atoms with E-state index in [4.69, 9.17) is 0 Å². The highest BCUT2D eigenvalue weighted by atomic mass is 16.3. The molecular formula is C14H25N3O. The largest absolute Gasteiger partial charge is 0.389 e. The first-order valence-electron chi connectivity index (χ1n) is 7.11. The lowest BCUT2D eigenvalue weighted by atomic mass is 9.88. The van der Waals surface area contributed by atoms with Crippen molar-refractivity contribution in [2.75, 3.05) is 19.6 Å². The predicted molar refractivity (Wildman–Crippen MR) is 72.5 cm³/mol. The van der Waals surface area contributed by atoms with Crippen molar-refractivity contribution in [3.63, 3.8) is 0 Å². The fraction of sp³-hybridized carbons (Fsp3) is 0.786. The molecule has 1 N–H and O–H groups in total. The van der Waals surface area contributed by atoms with Crippen molar-refractivity contribution in [1.29, 1.82) is 0 Å². The Labute approximate surface area is 110 Å². The first kappa shape index (κ1) is 13.6. The van der Waals surface area contributed by atoms with Gasteiger partial charge in [0.1, 0.15) is 5.82 Å². The van der Waals surface area contributed by atoms with Gasteiger partial charge >= 0.3 is 0 Å². The molecule has 0 aliphatic carbocycles. The number of rotatable bonds is 5. The van der Waals surface area contributed by atoms with Crippen LogP contribution in [0, 0.1) is 0 Å². The molecule has 102 valence electrons. The zero-order valence-electron chi connectivity index (χ0n) is 11.6. The standard InChI is InChI=1S/C14H25N3O/c1-3-8-17-11-7-15-13(17)12-14(18)5-9-16(4-2)10-6-14/h7,11,18H,3-6,8-10,12H2,1-2H3. The van der Waals surface area contributed by atoms with E-state index in [0.29, 0.717) is 6.42 Å². The monoisotopic (exact) mass is 251 g/mol. The van der Waals surface area contributed by atoms with Crippen molar-refractivity contribution in [2.24, 2.45) is 0 Å². The molecule has 0 amide bonds. The summed E-state index contributed by atoms with van der Waals surface area (Å²) in [4.78, 5) is 6.80. The van der Waals surface area contributed by atoms with Gasteiger partial charge in [0.2, 0.25) is 0 Å². The van der Waals surface area contributed by atoms with Gasteiger partial charge in [-0.3, -0.25) is 0 Å². The Kier molecular flexibility index (Phi) is 4.40. The lowest BCUT2D eigenvalue weighted by molar-refractivity contribution is -0.0214. The zero-order chi connectivity index (χ0) is 13.0. The van der Waals surface area contributed by atoms with Crippen molar-refractivity contribution in [3.05, 3.63) is 18.2 Å². The second-order valence-electron chi connectivity index (χ2n) is 5.37. The Morgan fingerprint density at radius 1 is 1.33 bits per heavy atom. The topological polar surface area (TPSA) is 41.3 Å². The van der Waals surface area contributed by atoms with E-state index in [1.54, 1.807) is 0 Å². The predicted octanol–water partition coefficient (Wildman–Crippen LogP) is 1.68. The average molecular weight is 251 g/mol. The highest BCUT2D eigenvalue weighted by Gasteiger charge is 2.33. The van der Waals surface area contributed by atoms with Crippen molar-refractivity contribution in [3.8, 4) is 0 Å². The highest BCUT2D eigenvalue weighted by Crippen LogP contribution is 2.25. The average Bonchev–Trinajstić information content (AvgIpc) is 2.78. The third-order valence-corrected chi connectivity index (χ3v) is 3.99. The van der Waals surface area contributed by atoms with Gasteiger partial charge < -0.3 is 14.6 Å². The molecule has 2 heterocycles. The lowest BCUT2D eigenvalue weighted by Crippen LogP contribution is -2.45.